The fourth-order valence-electron chi connectivity index (χ4n) is 4.43. The quantitative estimate of drug-likeness (QED) is 0.164. The lowest BCUT2D eigenvalue weighted by Crippen LogP contribution is -2.29. The van der Waals surface area contributed by atoms with Gasteiger partial charge in [0.25, 0.3) is 17.4 Å². The van der Waals surface area contributed by atoms with E-state index in [4.69, 9.17) is 0 Å². The van der Waals surface area contributed by atoms with Crippen LogP contribution >= 0.6 is 0 Å². The SMILES string of the molecule is CCN(CC)c1ccc(C2/C(=C(/O)c3ccc([N+](=O)[O-])cc3)C(=O)C(=O)N2Cc2cccnc2)cc1. The molecule has 0 bridgehead atoms. The summed E-state index contributed by atoms with van der Waals surface area (Å²) < 4.78 is 0. The minimum Gasteiger partial charge on any atom is -0.507 e. The number of aliphatic hydroxyl groups excluding tert-OH is 1. The van der Waals surface area contributed by atoms with Crippen LogP contribution in [-0.2, 0) is 16.1 Å². The Morgan fingerprint density at radius 1 is 1.06 bits per heavy atom. The van der Waals surface area contributed by atoms with Crippen molar-refractivity contribution in [1.29, 1.82) is 0 Å². The summed E-state index contributed by atoms with van der Waals surface area (Å²) in [5.74, 6) is -1.93. The molecule has 1 amide bonds. The highest BCUT2D eigenvalue weighted by molar-refractivity contribution is 6.46. The van der Waals surface area contributed by atoms with E-state index in [0.717, 1.165) is 24.3 Å². The number of nitrogens with zero attached hydrogens (tertiary/aromatic N) is 4. The minimum atomic E-state index is -0.842. The van der Waals surface area contributed by atoms with Gasteiger partial charge in [0.15, 0.2) is 0 Å². The van der Waals surface area contributed by atoms with E-state index in [0.29, 0.717) is 5.56 Å². The Bertz CT molecular complexity index is 1300. The lowest BCUT2D eigenvalue weighted by atomic mass is 9.95. The zero-order chi connectivity index (χ0) is 25.8. The van der Waals surface area contributed by atoms with Crippen molar-refractivity contribution in [3.05, 3.63) is 105 Å². The van der Waals surface area contributed by atoms with Crippen LogP contribution in [0.15, 0.2) is 78.6 Å². The van der Waals surface area contributed by atoms with Crippen LogP contribution in [0.25, 0.3) is 5.76 Å². The molecule has 1 unspecified atom stereocenters. The molecule has 1 aromatic heterocycles. The van der Waals surface area contributed by atoms with Gasteiger partial charge in [0.1, 0.15) is 5.76 Å². The van der Waals surface area contributed by atoms with Crippen LogP contribution in [0.3, 0.4) is 0 Å². The fourth-order valence-corrected chi connectivity index (χ4v) is 4.43. The molecule has 4 rings (SSSR count). The highest BCUT2D eigenvalue weighted by Crippen LogP contribution is 2.40. The molecule has 1 aliphatic heterocycles. The maximum absolute atomic E-state index is 13.2. The van der Waals surface area contributed by atoms with Gasteiger partial charge in [-0.05, 0) is 55.3 Å². The van der Waals surface area contributed by atoms with Gasteiger partial charge in [-0.3, -0.25) is 24.7 Å². The molecular formula is C27H26N4O5. The Balaban J connectivity index is 1.82. The van der Waals surface area contributed by atoms with Crippen molar-refractivity contribution in [2.24, 2.45) is 0 Å². The molecule has 1 saturated heterocycles. The number of aliphatic hydroxyl groups is 1. The number of hydrogen-bond donors (Lipinski definition) is 1. The number of ketones is 1. The average molecular weight is 487 g/mol. The van der Waals surface area contributed by atoms with Gasteiger partial charge in [0, 0.05) is 55.4 Å². The highest BCUT2D eigenvalue weighted by Gasteiger charge is 2.46. The molecule has 2 heterocycles. The standard InChI is InChI=1S/C27H26N4O5/c1-3-29(4-2)21-11-7-19(8-12-21)24-23(25(32)20-9-13-22(14-10-20)31(35)36)26(33)27(34)30(24)17-18-6-5-15-28-16-18/h5-16,24,32H,3-4,17H2,1-2H3/b25-23-. The van der Waals surface area contributed by atoms with E-state index in [1.54, 1.807) is 18.5 Å². The summed E-state index contributed by atoms with van der Waals surface area (Å²) in [6.45, 7) is 5.90. The number of pyridine rings is 1. The smallest absolute Gasteiger partial charge is 0.295 e. The van der Waals surface area contributed by atoms with E-state index in [2.05, 4.69) is 23.7 Å². The Morgan fingerprint density at radius 3 is 2.28 bits per heavy atom. The molecule has 9 nitrogen and oxygen atoms in total. The Kier molecular flexibility index (Phi) is 7.10. The zero-order valence-electron chi connectivity index (χ0n) is 20.0. The van der Waals surface area contributed by atoms with Gasteiger partial charge in [-0.15, -0.1) is 0 Å². The number of likely N-dealkylation sites (tertiary alicyclic amines) is 1. The lowest BCUT2D eigenvalue weighted by molar-refractivity contribution is -0.384. The van der Waals surface area contributed by atoms with Crippen LogP contribution in [0.5, 0.6) is 0 Å². The second-order valence-electron chi connectivity index (χ2n) is 8.36. The molecule has 9 heteroatoms. The number of anilines is 1. The number of carbonyl (C=O) groups is 2. The first kappa shape index (κ1) is 24.6. The van der Waals surface area contributed by atoms with E-state index < -0.39 is 22.7 Å². The van der Waals surface area contributed by atoms with Gasteiger partial charge in [-0.1, -0.05) is 18.2 Å². The molecule has 2 aromatic carbocycles. The summed E-state index contributed by atoms with van der Waals surface area (Å²) in [7, 11) is 0. The van der Waals surface area contributed by atoms with Gasteiger partial charge in [0.05, 0.1) is 16.5 Å². The van der Waals surface area contributed by atoms with Crippen molar-refractivity contribution < 1.29 is 19.6 Å². The first-order chi connectivity index (χ1) is 17.3. The Hall–Kier alpha value is -4.53. The summed E-state index contributed by atoms with van der Waals surface area (Å²) in [6.07, 6.45) is 3.24. The van der Waals surface area contributed by atoms with E-state index in [1.807, 2.05) is 30.3 Å². The van der Waals surface area contributed by atoms with Crippen LogP contribution in [0.4, 0.5) is 11.4 Å². The maximum Gasteiger partial charge on any atom is 0.295 e. The molecule has 1 N–H and O–H groups in total. The fraction of sp³-hybridized carbons (Fsp3) is 0.222. The number of aromatic nitrogens is 1. The highest BCUT2D eigenvalue weighted by atomic mass is 16.6. The third-order valence-electron chi connectivity index (χ3n) is 6.30. The summed E-state index contributed by atoms with van der Waals surface area (Å²) in [5, 5.41) is 22.2. The number of nitro benzene ring substituents is 1. The minimum absolute atomic E-state index is 0.0617. The number of non-ortho nitro benzene ring substituents is 1. The molecule has 0 radical (unpaired) electrons. The Labute approximate surface area is 208 Å². The number of amides is 1. The third-order valence-corrected chi connectivity index (χ3v) is 6.30. The molecular weight excluding hydrogens is 460 g/mol. The number of hydrogen-bond acceptors (Lipinski definition) is 7. The van der Waals surface area contributed by atoms with Crippen LogP contribution in [0.1, 0.15) is 36.6 Å². The van der Waals surface area contributed by atoms with Gasteiger partial charge >= 0.3 is 0 Å². The summed E-state index contributed by atoms with van der Waals surface area (Å²) in [4.78, 5) is 44.5. The molecule has 184 valence electrons. The van der Waals surface area contributed by atoms with Crippen molar-refractivity contribution >= 4 is 28.8 Å². The van der Waals surface area contributed by atoms with Crippen molar-refractivity contribution in [3.8, 4) is 0 Å². The first-order valence-electron chi connectivity index (χ1n) is 11.6. The maximum atomic E-state index is 13.2. The molecule has 0 spiro atoms. The van der Waals surface area contributed by atoms with Gasteiger partial charge in [0.2, 0.25) is 0 Å². The molecule has 1 aliphatic rings. The van der Waals surface area contributed by atoms with Crippen LogP contribution in [-0.4, -0.2) is 44.7 Å². The second kappa shape index (κ2) is 10.4. The third kappa shape index (κ3) is 4.68. The van der Waals surface area contributed by atoms with E-state index >= 15 is 0 Å². The average Bonchev–Trinajstić information content (AvgIpc) is 3.15. The van der Waals surface area contributed by atoms with Crippen molar-refractivity contribution in [1.82, 2.24) is 9.88 Å². The normalized spacial score (nSPS) is 16.8. The summed E-state index contributed by atoms with van der Waals surface area (Å²) in [5.41, 5.74) is 2.41. The molecule has 1 atom stereocenters. The van der Waals surface area contributed by atoms with Crippen molar-refractivity contribution in [2.75, 3.05) is 18.0 Å². The van der Waals surface area contributed by atoms with Crippen LogP contribution in [0.2, 0.25) is 0 Å². The molecule has 0 saturated carbocycles. The molecule has 0 aliphatic carbocycles. The predicted molar refractivity (Wildman–Crippen MR) is 135 cm³/mol. The van der Waals surface area contributed by atoms with Crippen LogP contribution < -0.4 is 4.90 Å². The van der Waals surface area contributed by atoms with Gasteiger partial charge < -0.3 is 14.9 Å². The van der Waals surface area contributed by atoms with Crippen molar-refractivity contribution in [3.63, 3.8) is 0 Å². The number of Topliss-reactive ketones (excluding diaryl/α,β-unsaturated/α-hetero) is 1. The predicted octanol–water partition coefficient (Wildman–Crippen LogP) is 4.46. The van der Waals surface area contributed by atoms with E-state index in [-0.39, 0.29) is 29.1 Å². The number of nitro groups is 1. The Morgan fingerprint density at radius 2 is 1.72 bits per heavy atom. The molecule has 1 fully saturated rings. The largest absolute Gasteiger partial charge is 0.507 e. The second-order valence-corrected chi connectivity index (χ2v) is 8.36. The van der Waals surface area contributed by atoms with Crippen molar-refractivity contribution in [2.45, 2.75) is 26.4 Å². The monoisotopic (exact) mass is 486 g/mol. The number of carbonyl (C=O) groups excluding carboxylic acids is 2. The number of rotatable bonds is 8. The summed E-state index contributed by atoms with van der Waals surface area (Å²) in [6, 6.07) is 15.5. The zero-order valence-corrected chi connectivity index (χ0v) is 20.0. The molecule has 36 heavy (non-hydrogen) atoms. The van der Waals surface area contributed by atoms with Gasteiger partial charge in [-0.25, -0.2) is 0 Å². The summed E-state index contributed by atoms with van der Waals surface area (Å²) >= 11 is 0. The van der Waals surface area contributed by atoms with Crippen LogP contribution in [0, 0.1) is 10.1 Å². The van der Waals surface area contributed by atoms with E-state index in [1.165, 1.54) is 29.2 Å². The molecule has 3 aromatic rings. The van der Waals surface area contributed by atoms with E-state index in [9.17, 15) is 24.8 Å². The topological polar surface area (TPSA) is 117 Å². The first-order valence-corrected chi connectivity index (χ1v) is 11.6. The van der Waals surface area contributed by atoms with Gasteiger partial charge in [-0.2, -0.15) is 0 Å². The number of benzene rings is 2. The lowest BCUT2D eigenvalue weighted by Gasteiger charge is -2.26.